The van der Waals surface area contributed by atoms with Gasteiger partial charge in [0.15, 0.2) is 11.5 Å². The van der Waals surface area contributed by atoms with Crippen molar-refractivity contribution < 1.29 is 58.5 Å². The number of benzene rings is 1. The van der Waals surface area contributed by atoms with Gasteiger partial charge >= 0.3 is 25.6 Å². The average molecular weight is 564 g/mol. The van der Waals surface area contributed by atoms with E-state index in [1.54, 1.807) is 0 Å². The lowest BCUT2D eigenvalue weighted by Crippen LogP contribution is -2.53. The maximum Gasteiger partial charge on any atom is 0.431 e. The fourth-order valence-corrected chi connectivity index (χ4v) is 4.46. The zero-order chi connectivity index (χ0) is 27.6. The van der Waals surface area contributed by atoms with E-state index in [0.29, 0.717) is 5.56 Å². The number of aliphatic hydroxyl groups is 1. The molecule has 1 N–H and O–H groups in total. The Bertz CT molecular complexity index is 1170. The van der Waals surface area contributed by atoms with Gasteiger partial charge in [0.05, 0.1) is 4.88 Å². The summed E-state index contributed by atoms with van der Waals surface area (Å²) in [6.07, 6.45) is -9.54. The molecule has 0 spiro atoms. The molecule has 2 heterocycles. The summed E-state index contributed by atoms with van der Waals surface area (Å²) < 4.78 is 139. The van der Waals surface area contributed by atoms with Crippen LogP contribution in [0.25, 0.3) is 0 Å². The molecule has 202 valence electrons. The number of hydrogen-bond acceptors (Lipinski definition) is 6. The van der Waals surface area contributed by atoms with Gasteiger partial charge in [0, 0.05) is 24.5 Å². The van der Waals surface area contributed by atoms with E-state index in [1.807, 2.05) is 0 Å². The minimum absolute atomic E-state index is 0.0439. The largest absolute Gasteiger partial charge is 0.431 e. The SMILES string of the molecule is OC(c1cnc(C(Cc2ccncc2)c2ccc(OC(F)F)c(OC(F)F)c2)s1)(C(F)(F)F)C(F)(F)F. The Balaban J connectivity index is 2.14. The van der Waals surface area contributed by atoms with Gasteiger partial charge in [-0.2, -0.15) is 43.9 Å². The molecule has 2 aromatic heterocycles. The number of halogens is 10. The number of alkyl halides is 10. The second kappa shape index (κ2) is 10.7. The number of nitrogens with zero attached hydrogens (tertiary/aromatic N) is 2. The van der Waals surface area contributed by atoms with Crippen LogP contribution in [-0.2, 0) is 12.0 Å². The van der Waals surface area contributed by atoms with Gasteiger partial charge in [0.1, 0.15) is 5.01 Å². The van der Waals surface area contributed by atoms with Crippen molar-refractivity contribution in [1.82, 2.24) is 9.97 Å². The molecule has 0 bridgehead atoms. The van der Waals surface area contributed by atoms with Crippen LogP contribution in [0.1, 0.15) is 26.9 Å². The highest BCUT2D eigenvalue weighted by Gasteiger charge is 2.72. The standard InChI is InChI=1S/C21H14F10N2O3S/c22-17(23)35-13-2-1-11(8-14(13)36-18(24)25)12(7-10-3-5-32-6-4-10)16-33-9-15(37-16)19(34,20(26,27)28)21(29,30)31/h1-6,8-9,12,17-18,34H,7H2. The van der Waals surface area contributed by atoms with E-state index in [9.17, 15) is 49.0 Å². The van der Waals surface area contributed by atoms with Crippen LogP contribution in [-0.4, -0.2) is 40.7 Å². The molecule has 3 rings (SSSR count). The van der Waals surface area contributed by atoms with Crippen molar-refractivity contribution in [2.45, 2.75) is 43.5 Å². The van der Waals surface area contributed by atoms with Crippen molar-refractivity contribution in [2.75, 3.05) is 0 Å². The summed E-state index contributed by atoms with van der Waals surface area (Å²) in [6, 6.07) is 5.68. The molecule has 1 atom stereocenters. The lowest BCUT2D eigenvalue weighted by molar-refractivity contribution is -0.375. The van der Waals surface area contributed by atoms with Crippen molar-refractivity contribution >= 4 is 11.3 Å². The van der Waals surface area contributed by atoms with E-state index in [-0.39, 0.29) is 34.5 Å². The van der Waals surface area contributed by atoms with Gasteiger partial charge in [-0.15, -0.1) is 11.3 Å². The second-order valence-electron chi connectivity index (χ2n) is 7.34. The molecule has 1 unspecified atom stereocenters. The van der Waals surface area contributed by atoms with Gasteiger partial charge in [-0.05, 0) is 41.8 Å². The highest BCUT2D eigenvalue weighted by atomic mass is 32.1. The molecule has 0 fully saturated rings. The Labute approximate surface area is 205 Å². The molecule has 37 heavy (non-hydrogen) atoms. The molecule has 0 amide bonds. The normalized spacial score (nSPS) is 13.8. The van der Waals surface area contributed by atoms with Gasteiger partial charge in [-0.25, -0.2) is 4.98 Å². The predicted octanol–water partition coefficient (Wildman–Crippen LogP) is 6.43. The highest BCUT2D eigenvalue weighted by Crippen LogP contribution is 2.52. The molecule has 0 saturated carbocycles. The molecule has 1 aromatic carbocycles. The number of aromatic nitrogens is 2. The summed E-state index contributed by atoms with van der Waals surface area (Å²) >= 11 is -0.107. The molecular formula is C21H14F10N2O3S. The Kier molecular flexibility index (Phi) is 8.21. The fraction of sp³-hybridized carbons (Fsp3) is 0.333. The van der Waals surface area contributed by atoms with E-state index in [2.05, 4.69) is 19.4 Å². The van der Waals surface area contributed by atoms with Crippen LogP contribution in [0.2, 0.25) is 0 Å². The van der Waals surface area contributed by atoms with Crippen molar-refractivity contribution in [1.29, 1.82) is 0 Å². The Morgan fingerprint density at radius 2 is 1.41 bits per heavy atom. The van der Waals surface area contributed by atoms with Gasteiger partial charge < -0.3 is 14.6 Å². The van der Waals surface area contributed by atoms with E-state index in [4.69, 9.17) is 0 Å². The number of ether oxygens (including phenoxy) is 2. The quantitative estimate of drug-likeness (QED) is 0.304. The number of hydrogen-bond donors (Lipinski definition) is 1. The van der Waals surface area contributed by atoms with Crippen molar-refractivity contribution in [3.05, 3.63) is 69.9 Å². The molecule has 0 radical (unpaired) electrons. The van der Waals surface area contributed by atoms with Crippen LogP contribution in [0.3, 0.4) is 0 Å². The van der Waals surface area contributed by atoms with Crippen LogP contribution >= 0.6 is 11.3 Å². The fourth-order valence-electron chi connectivity index (χ4n) is 3.28. The monoisotopic (exact) mass is 564 g/mol. The third-order valence-corrected chi connectivity index (χ3v) is 6.21. The van der Waals surface area contributed by atoms with Crippen LogP contribution in [0, 0.1) is 0 Å². The maximum atomic E-state index is 13.3. The summed E-state index contributed by atoms with van der Waals surface area (Å²) in [5.41, 5.74) is -4.81. The van der Waals surface area contributed by atoms with Gasteiger partial charge in [-0.3, -0.25) is 4.98 Å². The first kappa shape index (κ1) is 28.4. The summed E-state index contributed by atoms with van der Waals surface area (Å²) in [7, 11) is 0. The number of rotatable bonds is 9. The van der Waals surface area contributed by atoms with E-state index in [0.717, 1.165) is 18.2 Å². The zero-order valence-corrected chi connectivity index (χ0v) is 18.7. The summed E-state index contributed by atoms with van der Waals surface area (Å²) in [5, 5.41) is 9.32. The summed E-state index contributed by atoms with van der Waals surface area (Å²) in [5.74, 6) is -2.83. The van der Waals surface area contributed by atoms with E-state index in [1.165, 1.54) is 24.5 Å². The second-order valence-corrected chi connectivity index (χ2v) is 8.41. The van der Waals surface area contributed by atoms with Crippen LogP contribution in [0.15, 0.2) is 48.9 Å². The first-order valence-electron chi connectivity index (χ1n) is 9.88. The maximum absolute atomic E-state index is 13.3. The topological polar surface area (TPSA) is 64.5 Å². The Morgan fingerprint density at radius 3 is 1.95 bits per heavy atom. The Morgan fingerprint density at radius 1 is 0.838 bits per heavy atom. The minimum atomic E-state index is -6.15. The van der Waals surface area contributed by atoms with Gasteiger partial charge in [0.25, 0.3) is 5.60 Å². The predicted molar refractivity (Wildman–Crippen MR) is 108 cm³/mol. The molecule has 0 aliphatic rings. The zero-order valence-electron chi connectivity index (χ0n) is 17.9. The van der Waals surface area contributed by atoms with Crippen molar-refractivity contribution in [3.63, 3.8) is 0 Å². The summed E-state index contributed by atoms with van der Waals surface area (Å²) in [6.45, 7) is -6.89. The molecule has 0 aliphatic heterocycles. The van der Waals surface area contributed by atoms with Crippen LogP contribution in [0.5, 0.6) is 11.5 Å². The smallest absolute Gasteiger partial charge is 0.431 e. The first-order chi connectivity index (χ1) is 17.1. The molecule has 16 heteroatoms. The van der Waals surface area contributed by atoms with E-state index < -0.39 is 53.5 Å². The Hall–Kier alpha value is -3.14. The van der Waals surface area contributed by atoms with Gasteiger partial charge in [-0.1, -0.05) is 6.07 Å². The average Bonchev–Trinajstić information content (AvgIpc) is 3.27. The lowest BCUT2D eigenvalue weighted by atomic mass is 9.92. The summed E-state index contributed by atoms with van der Waals surface area (Å²) in [4.78, 5) is 5.85. The van der Waals surface area contributed by atoms with Gasteiger partial charge in [0.2, 0.25) is 0 Å². The number of pyridine rings is 1. The first-order valence-corrected chi connectivity index (χ1v) is 10.7. The molecule has 0 aliphatic carbocycles. The third kappa shape index (κ3) is 6.23. The lowest BCUT2D eigenvalue weighted by Gasteiger charge is -2.30. The third-order valence-electron chi connectivity index (χ3n) is 4.99. The molecule has 0 saturated heterocycles. The van der Waals surface area contributed by atoms with Crippen LogP contribution < -0.4 is 9.47 Å². The van der Waals surface area contributed by atoms with Crippen molar-refractivity contribution in [3.8, 4) is 11.5 Å². The van der Waals surface area contributed by atoms with Crippen molar-refractivity contribution in [2.24, 2.45) is 0 Å². The van der Waals surface area contributed by atoms with E-state index >= 15 is 0 Å². The highest BCUT2D eigenvalue weighted by molar-refractivity contribution is 7.11. The molecule has 3 aromatic rings. The molecule has 5 nitrogen and oxygen atoms in total. The van der Waals surface area contributed by atoms with Crippen LogP contribution in [0.4, 0.5) is 43.9 Å². The number of thiazole rings is 1. The minimum Gasteiger partial charge on any atom is -0.431 e. The molecular weight excluding hydrogens is 550 g/mol.